The van der Waals surface area contributed by atoms with E-state index in [0.29, 0.717) is 0 Å². The lowest BCUT2D eigenvalue weighted by molar-refractivity contribution is 0.0270. The molecule has 0 radical (unpaired) electrons. The Kier molecular flexibility index (Phi) is 3.75. The lowest BCUT2D eigenvalue weighted by Gasteiger charge is -2.38. The van der Waals surface area contributed by atoms with Gasteiger partial charge in [-0.1, -0.05) is 19.3 Å². The fourth-order valence-corrected chi connectivity index (χ4v) is 5.30. The summed E-state index contributed by atoms with van der Waals surface area (Å²) in [4.78, 5) is 0. The third-order valence-electron chi connectivity index (χ3n) is 2.40. The topological polar surface area (TPSA) is 20.2 Å². The molecule has 1 N–H and O–H groups in total. The van der Waals surface area contributed by atoms with E-state index in [2.05, 4.69) is 33.7 Å². The lowest BCUT2D eigenvalue weighted by atomic mass is 9.86. The molecule has 1 saturated carbocycles. The molecule has 0 aromatic rings. The summed E-state index contributed by atoms with van der Waals surface area (Å²) in [6, 6.07) is 0. The van der Waals surface area contributed by atoms with E-state index in [1.807, 2.05) is 0 Å². The van der Waals surface area contributed by atoms with Crippen LogP contribution in [-0.4, -0.2) is 29.0 Å². The minimum atomic E-state index is -0.562. The molecule has 0 amide bonds. The second kappa shape index (κ2) is 4.05. The summed E-state index contributed by atoms with van der Waals surface area (Å²) in [5, 5.41) is 10.2. The van der Waals surface area contributed by atoms with Gasteiger partial charge in [-0.2, -0.15) is 7.20 Å². The summed E-state index contributed by atoms with van der Waals surface area (Å²) in [7, 11) is -0.562. The molecule has 0 aromatic carbocycles. The van der Waals surface area contributed by atoms with E-state index in [1.54, 1.807) is 0 Å². The highest BCUT2D eigenvalue weighted by Gasteiger charge is 2.32. The molecule has 1 aliphatic rings. The zero-order valence-corrected chi connectivity index (χ0v) is 11.0. The van der Waals surface area contributed by atoms with Crippen LogP contribution < -0.4 is 0 Å². The standard InChI is InChI=1S/C9H19IOS/c1-12(2,10)8-9(11)6-4-3-5-7-9/h11H,3-8H2,1-2H3. The van der Waals surface area contributed by atoms with Gasteiger partial charge in [-0.05, 0) is 46.6 Å². The van der Waals surface area contributed by atoms with Crippen molar-refractivity contribution < 1.29 is 5.11 Å². The Morgan fingerprint density at radius 2 is 1.75 bits per heavy atom. The van der Waals surface area contributed by atoms with Gasteiger partial charge in [-0.15, -0.1) is 0 Å². The fraction of sp³-hybridized carbons (Fsp3) is 1.00. The van der Waals surface area contributed by atoms with Gasteiger partial charge in [-0.3, -0.25) is 0 Å². The third-order valence-corrected chi connectivity index (χ3v) is 4.55. The molecule has 1 aliphatic carbocycles. The number of hydrogen-bond acceptors (Lipinski definition) is 1. The first kappa shape index (κ1) is 11.1. The van der Waals surface area contributed by atoms with Gasteiger partial charge in [0.05, 0.1) is 5.60 Å². The maximum atomic E-state index is 10.2. The molecule has 12 heavy (non-hydrogen) atoms. The van der Waals surface area contributed by atoms with Gasteiger partial charge in [0.25, 0.3) is 0 Å². The predicted octanol–water partition coefficient (Wildman–Crippen LogP) is 3.10. The largest absolute Gasteiger partial charge is 0.389 e. The number of hydrogen-bond donors (Lipinski definition) is 1. The highest BCUT2D eigenvalue weighted by atomic mass is 127. The second-order valence-corrected chi connectivity index (χ2v) is 14.6. The minimum Gasteiger partial charge on any atom is -0.389 e. The van der Waals surface area contributed by atoms with Gasteiger partial charge < -0.3 is 5.11 Å². The van der Waals surface area contributed by atoms with Crippen LogP contribution in [0.3, 0.4) is 0 Å². The number of aliphatic hydroxyl groups is 1. The molecule has 1 fully saturated rings. The van der Waals surface area contributed by atoms with Crippen LogP contribution in [0.2, 0.25) is 0 Å². The molecule has 1 nitrogen and oxygen atoms in total. The predicted molar refractivity (Wildman–Crippen MR) is 66.4 cm³/mol. The Morgan fingerprint density at radius 1 is 1.25 bits per heavy atom. The summed E-state index contributed by atoms with van der Waals surface area (Å²) in [5.74, 6) is 1.03. The Bertz CT molecular complexity index is 147. The van der Waals surface area contributed by atoms with Gasteiger partial charge >= 0.3 is 0 Å². The monoisotopic (exact) mass is 302 g/mol. The molecule has 0 aromatic heterocycles. The van der Waals surface area contributed by atoms with E-state index in [0.717, 1.165) is 18.6 Å². The van der Waals surface area contributed by atoms with Crippen molar-refractivity contribution in [3.63, 3.8) is 0 Å². The fourth-order valence-electron chi connectivity index (χ4n) is 1.99. The van der Waals surface area contributed by atoms with Crippen molar-refractivity contribution >= 4 is 28.4 Å². The van der Waals surface area contributed by atoms with Gasteiger partial charge in [0, 0.05) is 5.75 Å². The van der Waals surface area contributed by atoms with Crippen LogP contribution in [0.1, 0.15) is 32.1 Å². The Balaban J connectivity index is 2.47. The Hall–Kier alpha value is 1.04. The Morgan fingerprint density at radius 3 is 2.17 bits per heavy atom. The smallest absolute Gasteiger partial charge is 0.0729 e. The van der Waals surface area contributed by atoms with E-state index in [-0.39, 0.29) is 5.60 Å². The van der Waals surface area contributed by atoms with E-state index < -0.39 is 7.20 Å². The number of rotatable bonds is 2. The van der Waals surface area contributed by atoms with Crippen molar-refractivity contribution in [3.8, 4) is 0 Å². The molecule has 0 bridgehead atoms. The van der Waals surface area contributed by atoms with Crippen LogP contribution in [0.15, 0.2) is 0 Å². The third kappa shape index (κ3) is 3.83. The average molecular weight is 302 g/mol. The normalized spacial score (nSPS) is 25.3. The van der Waals surface area contributed by atoms with Crippen molar-refractivity contribution in [2.45, 2.75) is 37.7 Å². The molecule has 74 valence electrons. The van der Waals surface area contributed by atoms with Crippen LogP contribution in [0.25, 0.3) is 0 Å². The van der Waals surface area contributed by atoms with E-state index in [4.69, 9.17) is 0 Å². The number of halogens is 1. The summed E-state index contributed by atoms with van der Waals surface area (Å²) in [5.41, 5.74) is -0.307. The zero-order chi connectivity index (χ0) is 9.24. The van der Waals surface area contributed by atoms with Gasteiger partial charge in [0.15, 0.2) is 0 Å². The van der Waals surface area contributed by atoms with Crippen molar-refractivity contribution in [1.82, 2.24) is 0 Å². The van der Waals surface area contributed by atoms with Crippen molar-refractivity contribution in [2.24, 2.45) is 0 Å². The van der Waals surface area contributed by atoms with Gasteiger partial charge in [0.2, 0.25) is 0 Å². The lowest BCUT2D eigenvalue weighted by Crippen LogP contribution is -2.36. The molecule has 0 aliphatic heterocycles. The zero-order valence-electron chi connectivity index (χ0n) is 7.98. The van der Waals surface area contributed by atoms with Crippen molar-refractivity contribution in [1.29, 1.82) is 0 Å². The molecular weight excluding hydrogens is 283 g/mol. The second-order valence-electron chi connectivity index (χ2n) is 4.33. The first-order valence-electron chi connectivity index (χ1n) is 4.54. The van der Waals surface area contributed by atoms with Crippen LogP contribution in [0.5, 0.6) is 0 Å². The summed E-state index contributed by atoms with van der Waals surface area (Å²) in [6.45, 7) is 0. The first-order chi connectivity index (χ1) is 5.41. The van der Waals surface area contributed by atoms with Crippen LogP contribution in [-0.2, 0) is 0 Å². The van der Waals surface area contributed by atoms with Crippen LogP contribution in [0, 0.1) is 0 Å². The highest BCUT2D eigenvalue weighted by molar-refractivity contribution is 14.2. The van der Waals surface area contributed by atoms with Gasteiger partial charge in [0.1, 0.15) is 0 Å². The van der Waals surface area contributed by atoms with Crippen LogP contribution >= 0.6 is 28.4 Å². The van der Waals surface area contributed by atoms with Crippen molar-refractivity contribution in [2.75, 3.05) is 18.3 Å². The molecule has 0 heterocycles. The average Bonchev–Trinajstić information content (AvgIpc) is 1.83. The summed E-state index contributed by atoms with van der Waals surface area (Å²) >= 11 is 2.51. The molecular formula is C9H19IOS. The first-order valence-corrected chi connectivity index (χ1v) is 9.71. The minimum absolute atomic E-state index is 0.307. The quantitative estimate of drug-likeness (QED) is 0.777. The van der Waals surface area contributed by atoms with Gasteiger partial charge in [-0.25, -0.2) is 0 Å². The molecule has 3 heteroatoms. The van der Waals surface area contributed by atoms with Crippen molar-refractivity contribution in [3.05, 3.63) is 0 Å². The highest BCUT2D eigenvalue weighted by Crippen LogP contribution is 2.53. The SMILES string of the molecule is CS(C)(I)CC1(O)CCCCC1. The van der Waals surface area contributed by atoms with E-state index >= 15 is 0 Å². The van der Waals surface area contributed by atoms with Crippen LogP contribution in [0.4, 0.5) is 0 Å². The molecule has 0 saturated heterocycles. The molecule has 0 atom stereocenters. The maximum Gasteiger partial charge on any atom is 0.0729 e. The summed E-state index contributed by atoms with van der Waals surface area (Å²) in [6.07, 6.45) is 10.4. The summed E-state index contributed by atoms with van der Waals surface area (Å²) < 4.78 is 0. The Labute approximate surface area is 89.2 Å². The molecule has 0 spiro atoms. The van der Waals surface area contributed by atoms with E-state index in [1.165, 1.54) is 19.3 Å². The molecule has 1 rings (SSSR count). The molecule has 0 unspecified atom stereocenters. The maximum absolute atomic E-state index is 10.2. The van der Waals surface area contributed by atoms with E-state index in [9.17, 15) is 5.11 Å².